The number of allylic oxidation sites excluding steroid dienone is 1. The summed E-state index contributed by atoms with van der Waals surface area (Å²) in [5.41, 5.74) is 14.3. The smallest absolute Gasteiger partial charge is 0.197 e. The van der Waals surface area contributed by atoms with Gasteiger partial charge in [-0.1, -0.05) is 112 Å². The lowest BCUT2D eigenvalue weighted by Gasteiger charge is -2.43. The molecule has 0 radical (unpaired) electrons. The third kappa shape index (κ3) is 3.82. The highest BCUT2D eigenvalue weighted by Gasteiger charge is 2.43. The van der Waals surface area contributed by atoms with E-state index >= 15 is 0 Å². The Bertz CT molecular complexity index is 2400. The summed E-state index contributed by atoms with van der Waals surface area (Å²) >= 11 is 0. The first-order chi connectivity index (χ1) is 23.1. The minimum atomic E-state index is -0.318. The van der Waals surface area contributed by atoms with E-state index in [1.807, 2.05) is 6.07 Å². The van der Waals surface area contributed by atoms with E-state index in [0.717, 1.165) is 22.0 Å². The molecule has 0 N–H and O–H groups in total. The van der Waals surface area contributed by atoms with Gasteiger partial charge < -0.3 is 4.90 Å². The largest absolute Gasteiger partial charge is 0.310 e. The van der Waals surface area contributed by atoms with Crippen molar-refractivity contribution in [3.63, 3.8) is 0 Å². The van der Waals surface area contributed by atoms with Gasteiger partial charge in [0.1, 0.15) is 0 Å². The molecule has 6 aromatic carbocycles. The fraction of sp³-hybridized carbons (Fsp3) is 0.156. The molecule has 1 heterocycles. The molecular weight excluding hydrogens is 587 g/mol. The Morgan fingerprint density at radius 1 is 0.562 bits per heavy atom. The molecule has 0 atom stereocenters. The molecule has 3 heteroatoms. The Morgan fingerprint density at radius 3 is 1.94 bits per heavy atom. The van der Waals surface area contributed by atoms with Gasteiger partial charge >= 0.3 is 0 Å². The molecule has 1 aliphatic heterocycles. The first-order valence-corrected chi connectivity index (χ1v) is 16.7. The zero-order chi connectivity index (χ0) is 33.1. The van der Waals surface area contributed by atoms with Crippen molar-refractivity contribution in [2.75, 3.05) is 4.90 Å². The summed E-state index contributed by atoms with van der Waals surface area (Å²) in [7, 11) is 0. The predicted molar refractivity (Wildman–Crippen MR) is 196 cm³/mol. The summed E-state index contributed by atoms with van der Waals surface area (Å²) in [5.74, 6) is -0.408. The van der Waals surface area contributed by atoms with Crippen molar-refractivity contribution in [3.8, 4) is 11.1 Å². The van der Waals surface area contributed by atoms with E-state index in [9.17, 15) is 9.59 Å². The molecule has 9 rings (SSSR count). The lowest BCUT2D eigenvalue weighted by Crippen LogP contribution is -2.31. The average Bonchev–Trinajstić information content (AvgIpc) is 3.46. The van der Waals surface area contributed by atoms with E-state index in [2.05, 4.69) is 124 Å². The number of benzene rings is 6. The SMILES string of the molecule is Cc1ccc(N2c3cc4c(cc3C(C)(C)c3c2ccc2cc(C=C5C(=O)c6ccccc6C5=O)ccc32)-c2ccccc2C4(C)C)cc1. The van der Waals surface area contributed by atoms with Crippen LogP contribution in [0.2, 0.25) is 0 Å². The van der Waals surface area contributed by atoms with Crippen LogP contribution in [0.1, 0.15) is 81.8 Å². The fourth-order valence-corrected chi connectivity index (χ4v) is 8.50. The molecule has 0 saturated heterocycles. The molecule has 0 amide bonds. The summed E-state index contributed by atoms with van der Waals surface area (Å²) in [4.78, 5) is 28.8. The van der Waals surface area contributed by atoms with Crippen LogP contribution in [0.15, 0.2) is 121 Å². The van der Waals surface area contributed by atoms with E-state index in [-0.39, 0.29) is 28.0 Å². The predicted octanol–water partition coefficient (Wildman–Crippen LogP) is 11.0. The topological polar surface area (TPSA) is 37.4 Å². The minimum Gasteiger partial charge on any atom is -0.310 e. The van der Waals surface area contributed by atoms with Gasteiger partial charge in [-0.25, -0.2) is 0 Å². The van der Waals surface area contributed by atoms with Gasteiger partial charge in [0.05, 0.1) is 16.9 Å². The highest BCUT2D eigenvalue weighted by molar-refractivity contribution is 6.41. The van der Waals surface area contributed by atoms with Crippen LogP contribution in [-0.2, 0) is 10.8 Å². The highest BCUT2D eigenvalue weighted by Crippen LogP contribution is 2.58. The number of ketones is 2. The van der Waals surface area contributed by atoms with Crippen LogP contribution in [0, 0.1) is 6.92 Å². The monoisotopic (exact) mass is 621 g/mol. The number of rotatable bonds is 2. The second-order valence-electron chi connectivity index (χ2n) is 14.6. The molecule has 48 heavy (non-hydrogen) atoms. The number of hydrogen-bond donors (Lipinski definition) is 0. The Hall–Kier alpha value is -5.54. The van der Waals surface area contributed by atoms with Crippen LogP contribution in [0.5, 0.6) is 0 Å². The van der Waals surface area contributed by atoms with Crippen molar-refractivity contribution in [3.05, 3.63) is 165 Å². The minimum absolute atomic E-state index is 0.109. The second kappa shape index (κ2) is 9.74. The maximum atomic E-state index is 13.2. The molecule has 0 aromatic heterocycles. The Kier molecular flexibility index (Phi) is 5.82. The summed E-state index contributed by atoms with van der Waals surface area (Å²) in [6, 6.07) is 40.4. The van der Waals surface area contributed by atoms with Crippen molar-refractivity contribution in [1.82, 2.24) is 0 Å². The molecule has 232 valence electrons. The van der Waals surface area contributed by atoms with Crippen molar-refractivity contribution in [2.24, 2.45) is 0 Å². The molecule has 2 aliphatic carbocycles. The normalized spacial score (nSPS) is 16.4. The quantitative estimate of drug-likeness (QED) is 0.143. The van der Waals surface area contributed by atoms with Crippen molar-refractivity contribution < 1.29 is 9.59 Å². The molecule has 6 aromatic rings. The van der Waals surface area contributed by atoms with Gasteiger partial charge in [-0.05, 0) is 99.1 Å². The average molecular weight is 622 g/mol. The van der Waals surface area contributed by atoms with Crippen molar-refractivity contribution in [1.29, 1.82) is 0 Å². The molecule has 3 nitrogen and oxygen atoms in total. The summed E-state index contributed by atoms with van der Waals surface area (Å²) < 4.78 is 0. The van der Waals surface area contributed by atoms with Gasteiger partial charge in [0.2, 0.25) is 0 Å². The van der Waals surface area contributed by atoms with Gasteiger partial charge in [-0.3, -0.25) is 9.59 Å². The molecular formula is C45H35NO2. The van der Waals surface area contributed by atoms with E-state index < -0.39 is 0 Å². The molecule has 0 fully saturated rings. The standard InChI is InChI=1S/C45H35NO2/c1-26-14-18-29(19-15-26)46-39-21-17-28-22-27(23-35-42(47)32-11-6-7-12-33(32)43(35)48)16-20-30(28)41(39)45(4,5)38-24-34-31-10-8-9-13-36(31)44(2,3)37(34)25-40(38)46/h6-25H,1-5H3. The number of hydrogen-bond acceptors (Lipinski definition) is 3. The van der Waals surface area contributed by atoms with Gasteiger partial charge in [0, 0.05) is 27.6 Å². The number of Topliss-reactive ketones (excluding diaryl/α,β-unsaturated/α-hetero) is 2. The lowest BCUT2D eigenvalue weighted by atomic mass is 9.70. The zero-order valence-corrected chi connectivity index (χ0v) is 27.8. The Morgan fingerprint density at radius 2 is 1.23 bits per heavy atom. The second-order valence-corrected chi connectivity index (χ2v) is 14.6. The summed E-state index contributed by atoms with van der Waals surface area (Å²) in [6.07, 6.45) is 1.76. The summed E-state index contributed by atoms with van der Waals surface area (Å²) in [5, 5.41) is 2.24. The first-order valence-electron chi connectivity index (χ1n) is 16.7. The molecule has 0 spiro atoms. The molecule has 0 bridgehead atoms. The number of carbonyl (C=O) groups is 2. The number of aryl methyl sites for hydroxylation is 1. The van der Waals surface area contributed by atoms with Gasteiger partial charge in [-0.15, -0.1) is 0 Å². The van der Waals surface area contributed by atoms with Crippen molar-refractivity contribution >= 4 is 45.5 Å². The fourth-order valence-electron chi connectivity index (χ4n) is 8.50. The number of fused-ring (bicyclic) bond motifs is 8. The highest BCUT2D eigenvalue weighted by atomic mass is 16.2. The Balaban J connectivity index is 1.26. The van der Waals surface area contributed by atoms with Crippen LogP contribution in [0.25, 0.3) is 28.0 Å². The first kappa shape index (κ1) is 28.7. The van der Waals surface area contributed by atoms with E-state index in [1.165, 1.54) is 50.3 Å². The molecule has 0 unspecified atom stereocenters. The van der Waals surface area contributed by atoms with Gasteiger partial charge in [0.25, 0.3) is 0 Å². The van der Waals surface area contributed by atoms with Crippen molar-refractivity contribution in [2.45, 2.75) is 45.4 Å². The van der Waals surface area contributed by atoms with E-state index in [0.29, 0.717) is 11.1 Å². The number of anilines is 3. The maximum absolute atomic E-state index is 13.2. The Labute approximate surface area is 281 Å². The van der Waals surface area contributed by atoms with Crippen LogP contribution in [-0.4, -0.2) is 11.6 Å². The van der Waals surface area contributed by atoms with Crippen LogP contribution in [0.4, 0.5) is 17.1 Å². The van der Waals surface area contributed by atoms with E-state index in [1.54, 1.807) is 30.3 Å². The lowest BCUT2D eigenvalue weighted by molar-refractivity contribution is 0.0990. The number of carbonyl (C=O) groups excluding carboxylic acids is 2. The molecule has 3 aliphatic rings. The zero-order valence-electron chi connectivity index (χ0n) is 27.8. The number of nitrogens with zero attached hydrogens (tertiary/aromatic N) is 1. The van der Waals surface area contributed by atoms with Crippen LogP contribution in [0.3, 0.4) is 0 Å². The van der Waals surface area contributed by atoms with Gasteiger partial charge in [0.15, 0.2) is 11.6 Å². The third-order valence-electron chi connectivity index (χ3n) is 11.0. The van der Waals surface area contributed by atoms with Gasteiger partial charge in [-0.2, -0.15) is 0 Å². The van der Waals surface area contributed by atoms with E-state index in [4.69, 9.17) is 0 Å². The third-order valence-corrected chi connectivity index (χ3v) is 11.0. The van der Waals surface area contributed by atoms with Crippen LogP contribution >= 0.6 is 0 Å². The van der Waals surface area contributed by atoms with Crippen LogP contribution < -0.4 is 4.90 Å². The maximum Gasteiger partial charge on any atom is 0.197 e. The summed E-state index contributed by atoms with van der Waals surface area (Å²) in [6.45, 7) is 11.5. The molecule has 0 saturated carbocycles.